The largest absolute Gasteiger partial charge is 0.493 e. The Morgan fingerprint density at radius 3 is 2.09 bits per heavy atom. The van der Waals surface area contributed by atoms with Gasteiger partial charge in [0.05, 0.1) is 14.2 Å². The van der Waals surface area contributed by atoms with E-state index in [-0.39, 0.29) is 6.03 Å². The summed E-state index contributed by atoms with van der Waals surface area (Å²) in [5.41, 5.74) is 2.09. The Morgan fingerprint density at radius 1 is 0.848 bits per heavy atom. The molecule has 0 aliphatic rings. The summed E-state index contributed by atoms with van der Waals surface area (Å²) in [6.45, 7) is 7.82. The molecule has 9 heteroatoms. The fraction of sp³-hybridized carbons (Fsp3) is 0.292. The molecule has 3 N–H and O–H groups in total. The third kappa shape index (κ3) is 6.25. The maximum absolute atomic E-state index is 12.4. The number of benzene rings is 2. The molecule has 3 rings (SSSR count). The third-order valence-electron chi connectivity index (χ3n) is 4.97. The van der Waals surface area contributed by atoms with E-state index in [0.29, 0.717) is 28.7 Å². The zero-order valence-electron chi connectivity index (χ0n) is 19.6. The molecule has 0 bridgehead atoms. The number of nitrogens with one attached hydrogen (secondary N) is 3. The number of anilines is 5. The standard InChI is InChI=1S/C24H30N6O3/c1-6-30(7-2)23-15-22(25-16(3)26-23)27-17-8-10-18(11-9-17)28-24(31)29-19-12-13-20(32-4)21(14-19)33-5/h8-15H,6-7H2,1-5H3,(H,25,26,27)(H2,28,29,31). The second-order valence-corrected chi connectivity index (χ2v) is 7.18. The highest BCUT2D eigenvalue weighted by molar-refractivity contribution is 6.00. The van der Waals surface area contributed by atoms with E-state index < -0.39 is 0 Å². The lowest BCUT2D eigenvalue weighted by molar-refractivity contribution is 0.262. The molecule has 2 aromatic carbocycles. The first kappa shape index (κ1) is 23.6. The van der Waals surface area contributed by atoms with Gasteiger partial charge in [-0.1, -0.05) is 0 Å². The van der Waals surface area contributed by atoms with Crippen molar-refractivity contribution in [2.75, 3.05) is 48.2 Å². The maximum Gasteiger partial charge on any atom is 0.323 e. The summed E-state index contributed by atoms with van der Waals surface area (Å²) < 4.78 is 10.5. The minimum absolute atomic E-state index is 0.363. The molecule has 174 valence electrons. The van der Waals surface area contributed by atoms with Crippen molar-refractivity contribution in [3.63, 3.8) is 0 Å². The first-order valence-corrected chi connectivity index (χ1v) is 10.7. The SMILES string of the molecule is CCN(CC)c1cc(Nc2ccc(NC(=O)Nc3ccc(OC)c(OC)c3)cc2)nc(C)n1. The van der Waals surface area contributed by atoms with Crippen molar-refractivity contribution in [2.24, 2.45) is 0 Å². The van der Waals surface area contributed by atoms with Gasteiger partial charge in [-0.05, 0) is 57.2 Å². The number of aromatic nitrogens is 2. The van der Waals surface area contributed by atoms with Gasteiger partial charge in [0.15, 0.2) is 11.5 Å². The lowest BCUT2D eigenvalue weighted by atomic mass is 10.2. The molecule has 33 heavy (non-hydrogen) atoms. The van der Waals surface area contributed by atoms with E-state index in [1.54, 1.807) is 32.4 Å². The second-order valence-electron chi connectivity index (χ2n) is 7.18. The monoisotopic (exact) mass is 450 g/mol. The number of aryl methyl sites for hydroxylation is 1. The smallest absolute Gasteiger partial charge is 0.323 e. The van der Waals surface area contributed by atoms with Gasteiger partial charge in [-0.25, -0.2) is 14.8 Å². The molecular formula is C24H30N6O3. The molecule has 0 radical (unpaired) electrons. The summed E-state index contributed by atoms with van der Waals surface area (Å²) in [6.07, 6.45) is 0. The van der Waals surface area contributed by atoms with Crippen LogP contribution in [0.3, 0.4) is 0 Å². The van der Waals surface area contributed by atoms with E-state index in [1.807, 2.05) is 37.3 Å². The predicted octanol–water partition coefficient (Wildman–Crippen LogP) is 5.04. The fourth-order valence-electron chi connectivity index (χ4n) is 3.32. The molecule has 0 saturated carbocycles. The highest BCUT2D eigenvalue weighted by atomic mass is 16.5. The van der Waals surface area contributed by atoms with Gasteiger partial charge in [0.1, 0.15) is 17.5 Å². The Balaban J connectivity index is 1.63. The first-order valence-electron chi connectivity index (χ1n) is 10.7. The molecule has 0 saturated heterocycles. The summed E-state index contributed by atoms with van der Waals surface area (Å²) in [7, 11) is 3.11. The molecule has 0 fully saturated rings. The Hall–Kier alpha value is -4.01. The van der Waals surface area contributed by atoms with Crippen LogP contribution in [0.5, 0.6) is 11.5 Å². The highest BCUT2D eigenvalue weighted by Gasteiger charge is 2.09. The number of urea groups is 1. The van der Waals surface area contributed by atoms with Crippen molar-refractivity contribution in [2.45, 2.75) is 20.8 Å². The molecule has 0 spiro atoms. The van der Waals surface area contributed by atoms with Crippen molar-refractivity contribution in [3.8, 4) is 11.5 Å². The summed E-state index contributed by atoms with van der Waals surface area (Å²) in [4.78, 5) is 23.5. The first-order chi connectivity index (χ1) is 15.9. The van der Waals surface area contributed by atoms with Gasteiger partial charge >= 0.3 is 6.03 Å². The van der Waals surface area contributed by atoms with E-state index in [4.69, 9.17) is 9.47 Å². The summed E-state index contributed by atoms with van der Waals surface area (Å²) in [5.74, 6) is 3.44. The van der Waals surface area contributed by atoms with E-state index in [2.05, 4.69) is 44.7 Å². The number of ether oxygens (including phenoxy) is 2. The zero-order valence-corrected chi connectivity index (χ0v) is 19.6. The number of hydrogen-bond donors (Lipinski definition) is 3. The highest BCUT2D eigenvalue weighted by Crippen LogP contribution is 2.30. The Kier molecular flexibility index (Phi) is 7.91. The van der Waals surface area contributed by atoms with Crippen LogP contribution in [-0.4, -0.2) is 43.3 Å². The fourth-order valence-corrected chi connectivity index (χ4v) is 3.32. The van der Waals surface area contributed by atoms with Crippen LogP contribution in [0.25, 0.3) is 0 Å². The van der Waals surface area contributed by atoms with Gasteiger partial charge in [-0.15, -0.1) is 0 Å². The van der Waals surface area contributed by atoms with Crippen LogP contribution in [0.1, 0.15) is 19.7 Å². The van der Waals surface area contributed by atoms with Crippen LogP contribution in [0.4, 0.5) is 33.5 Å². The molecule has 2 amide bonds. The zero-order chi connectivity index (χ0) is 23.8. The van der Waals surface area contributed by atoms with Gasteiger partial charge in [0, 0.05) is 42.3 Å². The average molecular weight is 451 g/mol. The van der Waals surface area contributed by atoms with Gasteiger partial charge in [-0.3, -0.25) is 0 Å². The van der Waals surface area contributed by atoms with E-state index in [0.717, 1.165) is 30.4 Å². The molecule has 0 atom stereocenters. The third-order valence-corrected chi connectivity index (χ3v) is 4.97. The molecule has 9 nitrogen and oxygen atoms in total. The Labute approximate surface area is 194 Å². The molecule has 0 aliphatic heterocycles. The maximum atomic E-state index is 12.4. The van der Waals surface area contributed by atoms with Gasteiger partial charge < -0.3 is 30.3 Å². The van der Waals surface area contributed by atoms with Crippen molar-refractivity contribution in [1.82, 2.24) is 9.97 Å². The van der Waals surface area contributed by atoms with Crippen molar-refractivity contribution in [1.29, 1.82) is 0 Å². The number of amides is 2. The molecular weight excluding hydrogens is 420 g/mol. The van der Waals surface area contributed by atoms with Crippen molar-refractivity contribution >= 4 is 34.7 Å². The number of carbonyl (C=O) groups excluding carboxylic acids is 1. The normalized spacial score (nSPS) is 10.3. The number of rotatable bonds is 9. The molecule has 1 aromatic heterocycles. The quantitative estimate of drug-likeness (QED) is 0.420. The Bertz CT molecular complexity index is 1080. The van der Waals surface area contributed by atoms with Gasteiger partial charge in [-0.2, -0.15) is 0 Å². The van der Waals surface area contributed by atoms with Gasteiger partial charge in [0.25, 0.3) is 0 Å². The summed E-state index contributed by atoms with van der Waals surface area (Å²) in [6, 6.07) is 14.1. The minimum Gasteiger partial charge on any atom is -0.493 e. The van der Waals surface area contributed by atoms with E-state index in [9.17, 15) is 4.79 Å². The van der Waals surface area contributed by atoms with Crippen LogP contribution in [0.2, 0.25) is 0 Å². The van der Waals surface area contributed by atoms with Crippen LogP contribution in [0, 0.1) is 6.92 Å². The van der Waals surface area contributed by atoms with Crippen molar-refractivity contribution in [3.05, 3.63) is 54.4 Å². The van der Waals surface area contributed by atoms with Crippen molar-refractivity contribution < 1.29 is 14.3 Å². The lowest BCUT2D eigenvalue weighted by Crippen LogP contribution is -2.23. The van der Waals surface area contributed by atoms with Crippen LogP contribution in [-0.2, 0) is 0 Å². The molecule has 0 aliphatic carbocycles. The van der Waals surface area contributed by atoms with Crippen LogP contribution in [0.15, 0.2) is 48.5 Å². The molecule has 0 unspecified atom stereocenters. The second kappa shape index (κ2) is 11.0. The van der Waals surface area contributed by atoms with E-state index in [1.165, 1.54) is 0 Å². The van der Waals surface area contributed by atoms with Gasteiger partial charge in [0.2, 0.25) is 0 Å². The summed E-state index contributed by atoms with van der Waals surface area (Å²) in [5, 5.41) is 8.90. The summed E-state index contributed by atoms with van der Waals surface area (Å²) >= 11 is 0. The number of nitrogens with zero attached hydrogens (tertiary/aromatic N) is 3. The lowest BCUT2D eigenvalue weighted by Gasteiger charge is -2.20. The minimum atomic E-state index is -0.363. The topological polar surface area (TPSA) is 101 Å². The predicted molar refractivity (Wildman–Crippen MR) is 132 cm³/mol. The average Bonchev–Trinajstić information content (AvgIpc) is 2.80. The van der Waals surface area contributed by atoms with Crippen LogP contribution >= 0.6 is 0 Å². The molecule has 3 aromatic rings. The number of hydrogen-bond acceptors (Lipinski definition) is 7. The molecule has 1 heterocycles. The van der Waals surface area contributed by atoms with Crippen LogP contribution < -0.4 is 30.3 Å². The van der Waals surface area contributed by atoms with E-state index >= 15 is 0 Å². The number of methoxy groups -OCH3 is 2. The number of carbonyl (C=O) groups is 1. The Morgan fingerprint density at radius 2 is 1.45 bits per heavy atom.